The lowest BCUT2D eigenvalue weighted by Gasteiger charge is -2.24. The van der Waals surface area contributed by atoms with Crippen molar-refractivity contribution in [1.29, 1.82) is 0 Å². The SMILES string of the molecule is O=C(CN1CCC[C@H]1c1ccccc1)NCCc1c[nH]c2ccccc12. The Morgan fingerprint density at radius 3 is 2.81 bits per heavy atom. The maximum absolute atomic E-state index is 12.4. The molecular weight excluding hydrogens is 322 g/mol. The van der Waals surface area contributed by atoms with Crippen LogP contribution in [0, 0.1) is 0 Å². The van der Waals surface area contributed by atoms with Gasteiger partial charge >= 0.3 is 0 Å². The van der Waals surface area contributed by atoms with E-state index in [-0.39, 0.29) is 5.91 Å². The molecule has 1 aliphatic rings. The number of aromatic amines is 1. The first-order valence-corrected chi connectivity index (χ1v) is 9.42. The summed E-state index contributed by atoms with van der Waals surface area (Å²) < 4.78 is 0. The number of hydrogen-bond acceptors (Lipinski definition) is 2. The van der Waals surface area contributed by atoms with Crippen LogP contribution in [0.5, 0.6) is 0 Å². The van der Waals surface area contributed by atoms with Gasteiger partial charge < -0.3 is 10.3 Å². The second-order valence-corrected chi connectivity index (χ2v) is 7.00. The normalized spacial score (nSPS) is 17.6. The Morgan fingerprint density at radius 1 is 1.12 bits per heavy atom. The summed E-state index contributed by atoms with van der Waals surface area (Å²) in [5, 5.41) is 4.33. The Kier molecular flexibility index (Phi) is 5.02. The number of para-hydroxylation sites is 1. The third kappa shape index (κ3) is 3.65. The molecule has 1 saturated heterocycles. The van der Waals surface area contributed by atoms with Crippen LogP contribution in [0.4, 0.5) is 0 Å². The molecule has 2 heterocycles. The van der Waals surface area contributed by atoms with Crippen molar-refractivity contribution in [2.45, 2.75) is 25.3 Å². The van der Waals surface area contributed by atoms with E-state index in [1.807, 2.05) is 18.3 Å². The summed E-state index contributed by atoms with van der Waals surface area (Å²) in [5.41, 5.74) is 3.72. The average Bonchev–Trinajstić information content (AvgIpc) is 3.30. The molecule has 0 saturated carbocycles. The van der Waals surface area contributed by atoms with E-state index < -0.39 is 0 Å². The van der Waals surface area contributed by atoms with Crippen LogP contribution in [0.25, 0.3) is 10.9 Å². The predicted molar refractivity (Wildman–Crippen MR) is 105 cm³/mol. The molecule has 4 rings (SSSR count). The molecule has 2 aromatic carbocycles. The number of aromatic nitrogens is 1. The minimum Gasteiger partial charge on any atom is -0.361 e. The van der Waals surface area contributed by atoms with E-state index in [9.17, 15) is 4.79 Å². The Morgan fingerprint density at radius 2 is 1.92 bits per heavy atom. The fourth-order valence-electron chi connectivity index (χ4n) is 3.98. The Hall–Kier alpha value is -2.59. The monoisotopic (exact) mass is 347 g/mol. The third-order valence-electron chi connectivity index (χ3n) is 5.29. The van der Waals surface area contributed by atoms with Gasteiger partial charge in [0.15, 0.2) is 0 Å². The number of H-pyrrole nitrogens is 1. The van der Waals surface area contributed by atoms with Crippen LogP contribution < -0.4 is 5.32 Å². The fourth-order valence-corrected chi connectivity index (χ4v) is 3.98. The van der Waals surface area contributed by atoms with Gasteiger partial charge in [-0.15, -0.1) is 0 Å². The molecule has 3 aromatic rings. The third-order valence-corrected chi connectivity index (χ3v) is 5.29. The van der Waals surface area contributed by atoms with Crippen molar-refractivity contribution in [3.8, 4) is 0 Å². The highest BCUT2D eigenvalue weighted by Gasteiger charge is 2.27. The number of benzene rings is 2. The molecule has 1 fully saturated rings. The van der Waals surface area contributed by atoms with E-state index in [1.165, 1.54) is 16.5 Å². The fraction of sp³-hybridized carbons (Fsp3) is 0.318. The number of carbonyl (C=O) groups is 1. The number of amides is 1. The maximum Gasteiger partial charge on any atom is 0.234 e. The van der Waals surface area contributed by atoms with E-state index >= 15 is 0 Å². The summed E-state index contributed by atoms with van der Waals surface area (Å²) >= 11 is 0. The summed E-state index contributed by atoms with van der Waals surface area (Å²) in [6.07, 6.45) is 5.18. The first-order valence-electron chi connectivity index (χ1n) is 9.42. The first kappa shape index (κ1) is 16.9. The molecule has 1 atom stereocenters. The smallest absolute Gasteiger partial charge is 0.234 e. The van der Waals surface area contributed by atoms with Crippen molar-refractivity contribution < 1.29 is 4.79 Å². The zero-order valence-corrected chi connectivity index (χ0v) is 14.9. The summed E-state index contributed by atoms with van der Waals surface area (Å²) in [7, 11) is 0. The Balaban J connectivity index is 1.30. The van der Waals surface area contributed by atoms with E-state index in [1.54, 1.807) is 0 Å². The van der Waals surface area contributed by atoms with Crippen LogP contribution in [-0.2, 0) is 11.2 Å². The summed E-state index contributed by atoms with van der Waals surface area (Å²) in [6, 6.07) is 19.2. The minimum atomic E-state index is 0.118. The molecule has 0 aliphatic carbocycles. The quantitative estimate of drug-likeness (QED) is 0.715. The molecule has 0 radical (unpaired) electrons. The number of nitrogens with one attached hydrogen (secondary N) is 2. The van der Waals surface area contributed by atoms with Crippen LogP contribution in [-0.4, -0.2) is 35.4 Å². The molecule has 0 spiro atoms. The lowest BCUT2D eigenvalue weighted by atomic mass is 10.0. The Bertz CT molecular complexity index is 871. The lowest BCUT2D eigenvalue weighted by molar-refractivity contribution is -0.122. The van der Waals surface area contributed by atoms with Gasteiger partial charge in [-0.2, -0.15) is 0 Å². The molecule has 4 nitrogen and oxygen atoms in total. The van der Waals surface area contributed by atoms with Crippen molar-refractivity contribution in [2.75, 3.05) is 19.6 Å². The number of fused-ring (bicyclic) bond motifs is 1. The number of nitrogens with zero attached hydrogens (tertiary/aromatic N) is 1. The van der Waals surface area contributed by atoms with Crippen LogP contribution in [0.1, 0.15) is 30.0 Å². The zero-order chi connectivity index (χ0) is 17.8. The van der Waals surface area contributed by atoms with Crippen molar-refractivity contribution in [3.63, 3.8) is 0 Å². The van der Waals surface area contributed by atoms with Crippen molar-refractivity contribution in [2.24, 2.45) is 0 Å². The minimum absolute atomic E-state index is 0.118. The molecular formula is C22H25N3O. The van der Waals surface area contributed by atoms with Gasteiger partial charge in [-0.05, 0) is 43.0 Å². The first-order chi connectivity index (χ1) is 12.8. The van der Waals surface area contributed by atoms with E-state index in [4.69, 9.17) is 0 Å². The Labute approximate surface area is 154 Å². The lowest BCUT2D eigenvalue weighted by Crippen LogP contribution is -2.37. The molecule has 2 N–H and O–H groups in total. The number of rotatable bonds is 6. The van der Waals surface area contributed by atoms with Gasteiger partial charge in [0, 0.05) is 29.7 Å². The zero-order valence-electron chi connectivity index (χ0n) is 14.9. The van der Waals surface area contributed by atoms with Crippen molar-refractivity contribution in [1.82, 2.24) is 15.2 Å². The highest BCUT2D eigenvalue weighted by atomic mass is 16.2. The predicted octanol–water partition coefficient (Wildman–Crippen LogP) is 3.66. The highest BCUT2D eigenvalue weighted by Crippen LogP contribution is 2.31. The summed E-state index contributed by atoms with van der Waals surface area (Å²) in [5.74, 6) is 0.118. The van der Waals surface area contributed by atoms with Gasteiger partial charge in [-0.25, -0.2) is 0 Å². The van der Waals surface area contributed by atoms with Crippen LogP contribution >= 0.6 is 0 Å². The van der Waals surface area contributed by atoms with Crippen LogP contribution in [0.2, 0.25) is 0 Å². The second kappa shape index (κ2) is 7.75. The van der Waals surface area contributed by atoms with Crippen molar-refractivity contribution >= 4 is 16.8 Å². The molecule has 4 heteroatoms. The van der Waals surface area contributed by atoms with Gasteiger partial charge in [-0.3, -0.25) is 9.69 Å². The molecule has 0 bridgehead atoms. The topological polar surface area (TPSA) is 48.1 Å². The highest BCUT2D eigenvalue weighted by molar-refractivity contribution is 5.83. The van der Waals surface area contributed by atoms with Crippen LogP contribution in [0.15, 0.2) is 60.8 Å². The number of carbonyl (C=O) groups excluding carboxylic acids is 1. The number of likely N-dealkylation sites (tertiary alicyclic amines) is 1. The molecule has 1 amide bonds. The van der Waals surface area contributed by atoms with E-state index in [2.05, 4.69) is 57.7 Å². The van der Waals surface area contributed by atoms with Gasteiger partial charge in [0.25, 0.3) is 0 Å². The van der Waals surface area contributed by atoms with E-state index in [0.29, 0.717) is 19.1 Å². The average molecular weight is 347 g/mol. The van der Waals surface area contributed by atoms with E-state index in [0.717, 1.165) is 31.3 Å². The number of hydrogen-bond donors (Lipinski definition) is 2. The van der Waals surface area contributed by atoms with Gasteiger partial charge in [0.2, 0.25) is 5.91 Å². The second-order valence-electron chi connectivity index (χ2n) is 7.00. The molecule has 1 aromatic heterocycles. The van der Waals surface area contributed by atoms with Crippen molar-refractivity contribution in [3.05, 3.63) is 71.9 Å². The van der Waals surface area contributed by atoms with Crippen LogP contribution in [0.3, 0.4) is 0 Å². The molecule has 0 unspecified atom stereocenters. The molecule has 134 valence electrons. The largest absolute Gasteiger partial charge is 0.361 e. The molecule has 26 heavy (non-hydrogen) atoms. The van der Waals surface area contributed by atoms with Gasteiger partial charge in [0.1, 0.15) is 0 Å². The standard InChI is InChI=1S/C22H25N3O/c26-22(16-25-14-6-11-21(25)17-7-2-1-3-8-17)23-13-12-18-15-24-20-10-5-4-9-19(18)20/h1-5,7-10,15,21,24H,6,11-14,16H2,(H,23,26)/t21-/m0/s1. The summed E-state index contributed by atoms with van der Waals surface area (Å²) in [6.45, 7) is 2.15. The van der Waals surface area contributed by atoms with Gasteiger partial charge in [0.05, 0.1) is 6.54 Å². The summed E-state index contributed by atoms with van der Waals surface area (Å²) in [4.78, 5) is 18.0. The van der Waals surface area contributed by atoms with Gasteiger partial charge in [-0.1, -0.05) is 48.5 Å². The molecule has 1 aliphatic heterocycles. The maximum atomic E-state index is 12.4.